The molecule has 0 spiro atoms. The first-order valence-electron chi connectivity index (χ1n) is 11.8. The van der Waals surface area contributed by atoms with E-state index in [1.807, 2.05) is 36.4 Å². The predicted molar refractivity (Wildman–Crippen MR) is 134 cm³/mol. The van der Waals surface area contributed by atoms with Gasteiger partial charge in [-0.15, -0.1) is 0 Å². The van der Waals surface area contributed by atoms with Crippen LogP contribution in [-0.2, 0) is 13.0 Å². The molecule has 0 amide bonds. The molecule has 0 aliphatic carbocycles. The molecule has 0 radical (unpaired) electrons. The lowest BCUT2D eigenvalue weighted by Gasteiger charge is -2.17. The maximum atomic E-state index is 9.80. The molecule has 3 aromatic carbocycles. The van der Waals surface area contributed by atoms with Gasteiger partial charge in [0.15, 0.2) is 0 Å². The lowest BCUT2D eigenvalue weighted by molar-refractivity contribution is 0.282. The molecule has 0 aromatic heterocycles. The molecule has 1 aliphatic heterocycles. The Kier molecular flexibility index (Phi) is 7.93. The monoisotopic (exact) mass is 441 g/mol. The average molecular weight is 442 g/mol. The van der Waals surface area contributed by atoms with Gasteiger partial charge in [0.05, 0.1) is 29.4 Å². The van der Waals surface area contributed by atoms with E-state index in [2.05, 4.69) is 56.5 Å². The highest BCUT2D eigenvalue weighted by molar-refractivity contribution is 5.56. The summed E-state index contributed by atoms with van der Waals surface area (Å²) in [5.74, 6) is 0. The normalized spacial score (nSPS) is 14.1. The minimum absolute atomic E-state index is 0.141. The van der Waals surface area contributed by atoms with E-state index in [1.54, 1.807) is 6.07 Å². The van der Waals surface area contributed by atoms with Crippen LogP contribution < -0.4 is 4.90 Å². The maximum absolute atomic E-state index is 9.80. The number of aliphatic hydroxyl groups is 1. The molecule has 3 aromatic rings. The van der Waals surface area contributed by atoms with Crippen molar-refractivity contribution in [1.29, 1.82) is 0 Å². The van der Waals surface area contributed by atoms with E-state index in [1.165, 1.54) is 36.9 Å². The number of benzene rings is 3. The Balaban J connectivity index is 1.41. The molecule has 0 unspecified atom stereocenters. The number of hydrogen-bond donors (Lipinski definition) is 1. The van der Waals surface area contributed by atoms with Gasteiger partial charge in [-0.05, 0) is 85.8 Å². The average Bonchev–Trinajstić information content (AvgIpc) is 3.41. The number of rotatable bonds is 9. The van der Waals surface area contributed by atoms with Crippen molar-refractivity contribution in [3.8, 4) is 0 Å². The molecule has 0 bridgehead atoms. The lowest BCUT2D eigenvalue weighted by Crippen LogP contribution is -2.17. The van der Waals surface area contributed by atoms with Gasteiger partial charge < -0.3 is 10.0 Å². The molecule has 1 aliphatic rings. The van der Waals surface area contributed by atoms with Gasteiger partial charge >= 0.3 is 0 Å². The van der Waals surface area contributed by atoms with Crippen LogP contribution in [0.15, 0.2) is 87.2 Å². The molecular formula is C27H31N5O. The van der Waals surface area contributed by atoms with Crippen LogP contribution in [-0.4, -0.2) is 18.2 Å². The summed E-state index contributed by atoms with van der Waals surface area (Å²) in [5.41, 5.74) is 6.10. The van der Waals surface area contributed by atoms with Crippen molar-refractivity contribution in [2.75, 3.05) is 18.0 Å². The minimum atomic E-state index is -0.141. The van der Waals surface area contributed by atoms with Crippen molar-refractivity contribution in [2.24, 2.45) is 20.5 Å². The van der Waals surface area contributed by atoms with Crippen LogP contribution in [0.3, 0.4) is 0 Å². The Morgan fingerprint density at radius 2 is 1.36 bits per heavy atom. The molecule has 1 fully saturated rings. The standard InChI is InChI=1S/C27H31N5O/c1-2-3-6-21-7-9-23(10-8-21)29-31-27-16-13-25(19-22(27)20-33)30-28-24-11-14-26(15-12-24)32-17-4-5-18-32/h7-16,19,33H,2-6,17-18,20H2,1H3. The third kappa shape index (κ3) is 6.33. The molecule has 6 nitrogen and oxygen atoms in total. The second kappa shape index (κ2) is 11.5. The van der Waals surface area contributed by atoms with Gasteiger partial charge in [0.1, 0.15) is 0 Å². The molecule has 1 heterocycles. The molecule has 170 valence electrons. The fraction of sp³-hybridized carbons (Fsp3) is 0.333. The number of unbranched alkanes of at least 4 members (excludes halogenated alkanes) is 1. The van der Waals surface area contributed by atoms with Crippen LogP contribution in [0.4, 0.5) is 28.4 Å². The third-order valence-electron chi connectivity index (χ3n) is 5.86. The van der Waals surface area contributed by atoms with Crippen molar-refractivity contribution in [3.63, 3.8) is 0 Å². The fourth-order valence-electron chi connectivity index (χ4n) is 3.90. The number of anilines is 1. The molecule has 0 atom stereocenters. The van der Waals surface area contributed by atoms with Crippen LogP contribution in [0, 0.1) is 0 Å². The van der Waals surface area contributed by atoms with Crippen molar-refractivity contribution in [2.45, 2.75) is 45.6 Å². The van der Waals surface area contributed by atoms with Crippen molar-refractivity contribution >= 4 is 28.4 Å². The van der Waals surface area contributed by atoms with Crippen LogP contribution in [0.5, 0.6) is 0 Å². The summed E-state index contributed by atoms with van der Waals surface area (Å²) in [5, 5.41) is 27.1. The predicted octanol–water partition coefficient (Wildman–Crippen LogP) is 7.95. The van der Waals surface area contributed by atoms with Gasteiger partial charge in [0.2, 0.25) is 0 Å². The van der Waals surface area contributed by atoms with E-state index in [9.17, 15) is 5.11 Å². The Morgan fingerprint density at radius 1 is 0.758 bits per heavy atom. The first-order chi connectivity index (χ1) is 16.2. The van der Waals surface area contributed by atoms with Crippen LogP contribution in [0.2, 0.25) is 0 Å². The van der Waals surface area contributed by atoms with Crippen LogP contribution >= 0.6 is 0 Å². The molecular weight excluding hydrogens is 410 g/mol. The van der Waals surface area contributed by atoms with Gasteiger partial charge in [-0.2, -0.15) is 20.5 Å². The molecule has 1 saturated heterocycles. The summed E-state index contributed by atoms with van der Waals surface area (Å²) in [6.07, 6.45) is 5.98. The van der Waals surface area contributed by atoms with Crippen LogP contribution in [0.25, 0.3) is 0 Å². The Labute approximate surface area is 195 Å². The Bertz CT molecular complexity index is 1080. The summed E-state index contributed by atoms with van der Waals surface area (Å²) in [6, 6.07) is 21.8. The molecule has 4 rings (SSSR count). The number of aryl methyl sites for hydroxylation is 1. The fourth-order valence-corrected chi connectivity index (χ4v) is 3.90. The SMILES string of the molecule is CCCCc1ccc(N=Nc2ccc(N=Nc3ccc(N4CCCC4)cc3)cc2CO)cc1. The maximum Gasteiger partial charge on any atom is 0.0913 e. The third-order valence-corrected chi connectivity index (χ3v) is 5.86. The second-order valence-corrected chi connectivity index (χ2v) is 8.35. The molecule has 0 saturated carbocycles. The van der Waals surface area contributed by atoms with Gasteiger partial charge in [0, 0.05) is 24.3 Å². The Hall–Kier alpha value is -3.38. The Morgan fingerprint density at radius 3 is 2.03 bits per heavy atom. The van der Waals surface area contributed by atoms with Gasteiger partial charge in [0.25, 0.3) is 0 Å². The first-order valence-corrected chi connectivity index (χ1v) is 11.8. The van der Waals surface area contributed by atoms with Crippen molar-refractivity contribution in [3.05, 3.63) is 77.9 Å². The second-order valence-electron chi connectivity index (χ2n) is 8.35. The van der Waals surface area contributed by atoms with Gasteiger partial charge in [-0.3, -0.25) is 0 Å². The summed E-state index contributed by atoms with van der Waals surface area (Å²) >= 11 is 0. The number of aliphatic hydroxyl groups excluding tert-OH is 1. The van der Waals surface area contributed by atoms with E-state index in [0.717, 1.165) is 30.9 Å². The molecule has 33 heavy (non-hydrogen) atoms. The lowest BCUT2D eigenvalue weighted by atomic mass is 10.1. The van der Waals surface area contributed by atoms with Crippen LogP contribution in [0.1, 0.15) is 43.7 Å². The topological polar surface area (TPSA) is 72.9 Å². The van der Waals surface area contributed by atoms with Gasteiger partial charge in [-0.1, -0.05) is 25.5 Å². The highest BCUT2D eigenvalue weighted by atomic mass is 16.3. The smallest absolute Gasteiger partial charge is 0.0913 e. The van der Waals surface area contributed by atoms with E-state index < -0.39 is 0 Å². The van der Waals surface area contributed by atoms with E-state index in [0.29, 0.717) is 16.9 Å². The van der Waals surface area contributed by atoms with E-state index in [-0.39, 0.29) is 6.61 Å². The summed E-state index contributed by atoms with van der Waals surface area (Å²) in [7, 11) is 0. The van der Waals surface area contributed by atoms with Crippen molar-refractivity contribution < 1.29 is 5.11 Å². The highest BCUT2D eigenvalue weighted by Crippen LogP contribution is 2.29. The largest absolute Gasteiger partial charge is 0.392 e. The minimum Gasteiger partial charge on any atom is -0.392 e. The van der Waals surface area contributed by atoms with E-state index >= 15 is 0 Å². The number of hydrogen-bond acceptors (Lipinski definition) is 6. The zero-order chi connectivity index (χ0) is 22.9. The highest BCUT2D eigenvalue weighted by Gasteiger charge is 2.11. The number of nitrogens with zero attached hydrogens (tertiary/aromatic N) is 5. The number of azo groups is 2. The summed E-state index contributed by atoms with van der Waals surface area (Å²) in [4.78, 5) is 2.39. The molecule has 6 heteroatoms. The zero-order valence-corrected chi connectivity index (χ0v) is 19.2. The summed E-state index contributed by atoms with van der Waals surface area (Å²) < 4.78 is 0. The van der Waals surface area contributed by atoms with Gasteiger partial charge in [-0.25, -0.2) is 0 Å². The zero-order valence-electron chi connectivity index (χ0n) is 19.2. The van der Waals surface area contributed by atoms with E-state index in [4.69, 9.17) is 0 Å². The summed E-state index contributed by atoms with van der Waals surface area (Å²) in [6.45, 7) is 4.30. The first kappa shape index (κ1) is 22.8. The van der Waals surface area contributed by atoms with Crippen molar-refractivity contribution in [1.82, 2.24) is 0 Å². The quantitative estimate of drug-likeness (QED) is 0.342. The molecule has 1 N–H and O–H groups in total.